The third-order valence-corrected chi connectivity index (χ3v) is 3.35. The standard InChI is InChI=1S/C14H15ClN4O2/c1-18(9-10-5-7-11(15)8-6-10)13-4-2-3-12(17-16)14(13)19(20)21/h2-8,17H,9,16H2,1H3. The summed E-state index contributed by atoms with van der Waals surface area (Å²) in [4.78, 5) is 12.6. The minimum absolute atomic E-state index is 0.0449. The van der Waals surface area contributed by atoms with Crippen LogP contribution in [0.5, 0.6) is 0 Å². The molecule has 110 valence electrons. The Balaban J connectivity index is 2.32. The first-order valence-electron chi connectivity index (χ1n) is 6.22. The first kappa shape index (κ1) is 15.1. The summed E-state index contributed by atoms with van der Waals surface area (Å²) in [5, 5.41) is 11.9. The Morgan fingerprint density at radius 2 is 1.95 bits per heavy atom. The van der Waals surface area contributed by atoms with Crippen LogP contribution in [0.3, 0.4) is 0 Å². The lowest BCUT2D eigenvalue weighted by molar-refractivity contribution is -0.383. The third-order valence-electron chi connectivity index (χ3n) is 3.10. The summed E-state index contributed by atoms with van der Waals surface area (Å²) in [6, 6.07) is 12.3. The number of hydrogen-bond donors (Lipinski definition) is 2. The number of nitrogens with two attached hydrogens (primary N) is 1. The summed E-state index contributed by atoms with van der Waals surface area (Å²) in [7, 11) is 1.79. The zero-order valence-corrected chi connectivity index (χ0v) is 12.2. The topological polar surface area (TPSA) is 84.4 Å². The quantitative estimate of drug-likeness (QED) is 0.503. The molecule has 0 unspecified atom stereocenters. The summed E-state index contributed by atoms with van der Waals surface area (Å²) in [5.74, 6) is 5.34. The van der Waals surface area contributed by atoms with E-state index in [0.29, 0.717) is 17.3 Å². The van der Waals surface area contributed by atoms with E-state index in [4.69, 9.17) is 17.4 Å². The average molecular weight is 307 g/mol. The van der Waals surface area contributed by atoms with E-state index in [9.17, 15) is 10.1 Å². The van der Waals surface area contributed by atoms with E-state index in [-0.39, 0.29) is 11.4 Å². The van der Waals surface area contributed by atoms with Gasteiger partial charge in [-0.1, -0.05) is 29.8 Å². The van der Waals surface area contributed by atoms with E-state index in [1.165, 1.54) is 0 Å². The van der Waals surface area contributed by atoms with Gasteiger partial charge in [0.05, 0.1) is 4.92 Å². The predicted octanol–water partition coefficient (Wildman–Crippen LogP) is 3.17. The highest BCUT2D eigenvalue weighted by Gasteiger charge is 2.21. The molecule has 2 aromatic carbocycles. The smallest absolute Gasteiger partial charge is 0.316 e. The lowest BCUT2D eigenvalue weighted by atomic mass is 10.1. The van der Waals surface area contributed by atoms with Gasteiger partial charge in [-0.25, -0.2) is 0 Å². The number of nitro groups is 1. The van der Waals surface area contributed by atoms with Gasteiger partial charge in [-0.3, -0.25) is 16.0 Å². The number of hydrazine groups is 1. The lowest BCUT2D eigenvalue weighted by Crippen LogP contribution is -2.19. The van der Waals surface area contributed by atoms with E-state index in [1.807, 2.05) is 12.1 Å². The maximum atomic E-state index is 11.3. The number of nitro benzene ring substituents is 1. The summed E-state index contributed by atoms with van der Waals surface area (Å²) in [5.41, 5.74) is 4.08. The maximum absolute atomic E-state index is 11.3. The lowest BCUT2D eigenvalue weighted by Gasteiger charge is -2.20. The van der Waals surface area contributed by atoms with Crippen LogP contribution in [0.15, 0.2) is 42.5 Å². The number of nitrogen functional groups attached to an aromatic ring is 1. The number of para-hydroxylation sites is 1. The van der Waals surface area contributed by atoms with Crippen molar-refractivity contribution in [3.8, 4) is 0 Å². The summed E-state index contributed by atoms with van der Waals surface area (Å²) >= 11 is 5.85. The molecule has 0 bridgehead atoms. The van der Waals surface area contributed by atoms with Gasteiger partial charge in [0.15, 0.2) is 0 Å². The molecule has 21 heavy (non-hydrogen) atoms. The Morgan fingerprint density at radius 1 is 1.29 bits per heavy atom. The number of nitrogens with zero attached hydrogens (tertiary/aromatic N) is 2. The van der Waals surface area contributed by atoms with Crippen LogP contribution in [0.2, 0.25) is 5.02 Å². The molecule has 0 fully saturated rings. The van der Waals surface area contributed by atoms with Crippen molar-refractivity contribution in [2.24, 2.45) is 5.84 Å². The summed E-state index contributed by atoms with van der Waals surface area (Å²) < 4.78 is 0. The largest absolute Gasteiger partial charge is 0.365 e. The molecule has 0 amide bonds. The molecule has 0 aliphatic heterocycles. The normalized spacial score (nSPS) is 10.2. The van der Waals surface area contributed by atoms with Gasteiger partial charge in [-0.2, -0.15) is 0 Å². The van der Waals surface area contributed by atoms with E-state index in [1.54, 1.807) is 42.3 Å². The van der Waals surface area contributed by atoms with Gasteiger partial charge in [0.1, 0.15) is 11.4 Å². The van der Waals surface area contributed by atoms with Gasteiger partial charge in [-0.05, 0) is 29.8 Å². The number of rotatable bonds is 5. The van der Waals surface area contributed by atoms with Gasteiger partial charge >= 0.3 is 5.69 Å². The fourth-order valence-corrected chi connectivity index (χ4v) is 2.22. The van der Waals surface area contributed by atoms with Gasteiger partial charge < -0.3 is 10.3 Å². The molecule has 0 aromatic heterocycles. The first-order valence-corrected chi connectivity index (χ1v) is 6.60. The van der Waals surface area contributed by atoms with Crippen LogP contribution in [-0.4, -0.2) is 12.0 Å². The second-order valence-corrected chi connectivity index (χ2v) is 4.99. The monoisotopic (exact) mass is 306 g/mol. The zero-order chi connectivity index (χ0) is 15.4. The zero-order valence-electron chi connectivity index (χ0n) is 11.4. The molecule has 0 spiro atoms. The SMILES string of the molecule is CN(Cc1ccc(Cl)cc1)c1cccc(NN)c1[N+](=O)[O-]. The van der Waals surface area contributed by atoms with Crippen molar-refractivity contribution < 1.29 is 4.92 Å². The van der Waals surface area contributed by atoms with Crippen LogP contribution < -0.4 is 16.2 Å². The molecule has 0 aliphatic carbocycles. The van der Waals surface area contributed by atoms with Crippen molar-refractivity contribution in [1.82, 2.24) is 0 Å². The maximum Gasteiger partial charge on any atom is 0.316 e. The molecule has 0 aliphatic rings. The van der Waals surface area contributed by atoms with Crippen molar-refractivity contribution in [2.45, 2.75) is 6.54 Å². The second kappa shape index (κ2) is 6.43. The van der Waals surface area contributed by atoms with Gasteiger partial charge in [0.2, 0.25) is 0 Å². The van der Waals surface area contributed by atoms with E-state index >= 15 is 0 Å². The Morgan fingerprint density at radius 3 is 2.52 bits per heavy atom. The van der Waals surface area contributed by atoms with Crippen molar-refractivity contribution >= 4 is 28.7 Å². The molecule has 0 atom stereocenters. The molecule has 2 aromatic rings. The molecule has 0 saturated heterocycles. The third kappa shape index (κ3) is 3.42. The number of anilines is 2. The highest BCUT2D eigenvalue weighted by Crippen LogP contribution is 2.34. The van der Waals surface area contributed by atoms with E-state index < -0.39 is 4.92 Å². The number of halogens is 1. The van der Waals surface area contributed by atoms with Crippen LogP contribution in [0.1, 0.15) is 5.56 Å². The van der Waals surface area contributed by atoms with Gasteiger partial charge in [0.25, 0.3) is 0 Å². The highest BCUT2D eigenvalue weighted by molar-refractivity contribution is 6.30. The fourth-order valence-electron chi connectivity index (χ4n) is 2.10. The molecular formula is C14H15ClN4O2. The summed E-state index contributed by atoms with van der Waals surface area (Å²) in [6.07, 6.45) is 0. The predicted molar refractivity (Wildman–Crippen MR) is 84.5 cm³/mol. The summed E-state index contributed by atoms with van der Waals surface area (Å²) in [6.45, 7) is 0.520. The Kier molecular flexibility index (Phi) is 4.62. The number of hydrogen-bond acceptors (Lipinski definition) is 5. The number of nitrogens with one attached hydrogen (secondary N) is 1. The minimum Gasteiger partial charge on any atom is -0.365 e. The van der Waals surface area contributed by atoms with Crippen molar-refractivity contribution in [3.63, 3.8) is 0 Å². The average Bonchev–Trinajstić information content (AvgIpc) is 2.48. The second-order valence-electron chi connectivity index (χ2n) is 4.56. The molecule has 0 heterocycles. The van der Waals surface area contributed by atoms with Crippen LogP contribution in [0, 0.1) is 10.1 Å². The van der Waals surface area contributed by atoms with E-state index in [0.717, 1.165) is 5.56 Å². The van der Waals surface area contributed by atoms with Gasteiger partial charge in [0, 0.05) is 18.6 Å². The van der Waals surface area contributed by atoms with Crippen molar-refractivity contribution in [2.75, 3.05) is 17.4 Å². The Hall–Kier alpha value is -2.31. The molecule has 0 saturated carbocycles. The Labute approximate surface area is 127 Å². The van der Waals surface area contributed by atoms with Crippen molar-refractivity contribution in [1.29, 1.82) is 0 Å². The molecular weight excluding hydrogens is 292 g/mol. The molecule has 0 radical (unpaired) electrons. The highest BCUT2D eigenvalue weighted by atomic mass is 35.5. The number of benzene rings is 2. The minimum atomic E-state index is -0.442. The molecule has 3 N–H and O–H groups in total. The molecule has 7 heteroatoms. The van der Waals surface area contributed by atoms with Crippen LogP contribution in [-0.2, 0) is 6.54 Å². The Bertz CT molecular complexity index is 646. The van der Waals surface area contributed by atoms with Crippen LogP contribution in [0.4, 0.5) is 17.1 Å². The molecule has 6 nitrogen and oxygen atoms in total. The fraction of sp³-hybridized carbons (Fsp3) is 0.143. The molecule has 2 rings (SSSR count). The first-order chi connectivity index (χ1) is 10.0. The van der Waals surface area contributed by atoms with E-state index in [2.05, 4.69) is 5.43 Å². The van der Waals surface area contributed by atoms with Gasteiger partial charge in [-0.15, -0.1) is 0 Å². The van der Waals surface area contributed by atoms with Crippen molar-refractivity contribution in [3.05, 3.63) is 63.2 Å². The van der Waals surface area contributed by atoms with Crippen LogP contribution in [0.25, 0.3) is 0 Å². The van der Waals surface area contributed by atoms with Crippen LogP contribution >= 0.6 is 11.6 Å².